The Morgan fingerprint density at radius 3 is 2.65 bits per heavy atom. The molecule has 0 radical (unpaired) electrons. The van der Waals surface area contributed by atoms with Crippen molar-refractivity contribution in [3.8, 4) is 5.75 Å². The van der Waals surface area contributed by atoms with Gasteiger partial charge in [0.05, 0.1) is 10.6 Å². The lowest BCUT2D eigenvalue weighted by molar-refractivity contribution is -0.386. The number of hydrogen-bond donors (Lipinski definition) is 2. The summed E-state index contributed by atoms with van der Waals surface area (Å²) in [7, 11) is 0. The molecule has 13 heteroatoms. The molecule has 34 heavy (non-hydrogen) atoms. The smallest absolute Gasteiger partial charge is 0.311 e. The van der Waals surface area contributed by atoms with Crippen molar-refractivity contribution in [2.24, 2.45) is 5.92 Å². The molecule has 0 spiro atoms. The van der Waals surface area contributed by atoms with Crippen LogP contribution >= 0.6 is 0 Å². The molecule has 12 nitrogen and oxygen atoms in total. The van der Waals surface area contributed by atoms with E-state index in [4.69, 9.17) is 4.74 Å². The maximum absolute atomic E-state index is 13.4. The number of carbonyl (C=O) groups is 2. The monoisotopic (exact) mass is 473 g/mol. The lowest BCUT2D eigenvalue weighted by Crippen LogP contribution is -2.28. The lowest BCUT2D eigenvalue weighted by atomic mass is 10.2. The number of nitrogens with one attached hydrogen (secondary N) is 2. The molecule has 3 aromatic rings. The van der Waals surface area contributed by atoms with E-state index in [1.807, 2.05) is 20.8 Å². The lowest BCUT2D eigenvalue weighted by Gasteiger charge is -2.08. The van der Waals surface area contributed by atoms with Gasteiger partial charge in [0.15, 0.2) is 18.1 Å². The zero-order valence-corrected chi connectivity index (χ0v) is 18.8. The average molecular weight is 473 g/mol. The third-order valence-corrected chi connectivity index (χ3v) is 4.56. The van der Waals surface area contributed by atoms with Gasteiger partial charge in [-0.05, 0) is 25.0 Å². The van der Waals surface area contributed by atoms with Crippen molar-refractivity contribution in [3.63, 3.8) is 0 Å². The number of anilines is 1. The maximum atomic E-state index is 13.4. The number of hydrogen-bond acceptors (Lipinski definition) is 7. The van der Waals surface area contributed by atoms with Gasteiger partial charge in [-0.1, -0.05) is 13.8 Å². The van der Waals surface area contributed by atoms with Crippen LogP contribution < -0.4 is 15.4 Å². The summed E-state index contributed by atoms with van der Waals surface area (Å²) < 4.78 is 21.5. The molecule has 0 aliphatic heterocycles. The topological polar surface area (TPSA) is 146 Å². The van der Waals surface area contributed by atoms with Crippen molar-refractivity contribution in [2.75, 3.05) is 11.9 Å². The van der Waals surface area contributed by atoms with E-state index >= 15 is 0 Å². The zero-order valence-electron chi connectivity index (χ0n) is 18.8. The molecule has 3 rings (SSSR count). The highest BCUT2D eigenvalue weighted by atomic mass is 19.1. The van der Waals surface area contributed by atoms with E-state index < -0.39 is 28.2 Å². The third-order valence-electron chi connectivity index (χ3n) is 4.56. The highest BCUT2D eigenvalue weighted by Gasteiger charge is 2.21. The third kappa shape index (κ3) is 5.94. The molecular formula is C21H24FN7O5. The highest BCUT2D eigenvalue weighted by molar-refractivity contribution is 6.07. The van der Waals surface area contributed by atoms with Crippen LogP contribution in [0.3, 0.4) is 0 Å². The van der Waals surface area contributed by atoms with Crippen LogP contribution in [0.5, 0.6) is 5.75 Å². The van der Waals surface area contributed by atoms with E-state index in [1.165, 1.54) is 21.6 Å². The molecule has 2 amide bonds. The second kappa shape index (κ2) is 10.6. The molecule has 2 heterocycles. The van der Waals surface area contributed by atoms with Crippen LogP contribution in [0.1, 0.15) is 41.7 Å². The quantitative estimate of drug-likeness (QED) is 0.340. The first-order chi connectivity index (χ1) is 16.2. The number of nitrogens with zero attached hydrogens (tertiary/aromatic N) is 5. The summed E-state index contributed by atoms with van der Waals surface area (Å²) in [6, 6.07) is 4.26. The van der Waals surface area contributed by atoms with Crippen molar-refractivity contribution in [2.45, 2.75) is 34.0 Å². The van der Waals surface area contributed by atoms with Gasteiger partial charge in [-0.2, -0.15) is 10.2 Å². The van der Waals surface area contributed by atoms with Crippen molar-refractivity contribution in [1.29, 1.82) is 0 Å². The Balaban J connectivity index is 1.70. The van der Waals surface area contributed by atoms with Gasteiger partial charge >= 0.3 is 5.69 Å². The Hall–Kier alpha value is -4.29. The van der Waals surface area contributed by atoms with Crippen LogP contribution in [0.4, 0.5) is 15.8 Å². The van der Waals surface area contributed by atoms with Crippen LogP contribution in [0, 0.1) is 21.8 Å². The molecule has 2 N–H and O–H groups in total. The number of amides is 2. The predicted octanol–water partition coefficient (Wildman–Crippen LogP) is 2.82. The number of benzene rings is 1. The normalized spacial score (nSPS) is 10.9. The molecule has 0 unspecified atom stereocenters. The molecular weight excluding hydrogens is 449 g/mol. The van der Waals surface area contributed by atoms with E-state index in [2.05, 4.69) is 20.8 Å². The summed E-state index contributed by atoms with van der Waals surface area (Å²) in [6.07, 6.45) is 2.97. The van der Waals surface area contributed by atoms with Crippen molar-refractivity contribution in [3.05, 3.63) is 64.0 Å². The van der Waals surface area contributed by atoms with E-state index in [0.29, 0.717) is 13.1 Å². The number of aromatic nitrogens is 4. The number of nitro benzene ring substituents is 1. The fraction of sp³-hybridized carbons (Fsp3) is 0.333. The van der Waals surface area contributed by atoms with Crippen LogP contribution in [-0.2, 0) is 13.3 Å². The Labute approximate surface area is 193 Å². The van der Waals surface area contributed by atoms with Crippen LogP contribution in [-0.4, -0.2) is 42.8 Å². The first kappa shape index (κ1) is 24.4. The fourth-order valence-electron chi connectivity index (χ4n) is 2.85. The average Bonchev–Trinajstić information content (AvgIpc) is 3.43. The molecule has 0 aliphatic rings. The molecule has 1 aromatic carbocycles. The van der Waals surface area contributed by atoms with Crippen LogP contribution in [0.15, 0.2) is 36.7 Å². The number of nitro groups is 1. The predicted molar refractivity (Wildman–Crippen MR) is 119 cm³/mol. The summed E-state index contributed by atoms with van der Waals surface area (Å²) in [5.41, 5.74) is -0.0795. The van der Waals surface area contributed by atoms with E-state index in [1.54, 1.807) is 6.20 Å². The minimum atomic E-state index is -0.693. The fourth-order valence-corrected chi connectivity index (χ4v) is 2.85. The zero-order chi connectivity index (χ0) is 24.8. The molecule has 2 aromatic heterocycles. The number of carbonyl (C=O) groups excluding carboxylic acids is 2. The van der Waals surface area contributed by atoms with Gasteiger partial charge in [0.25, 0.3) is 11.8 Å². The van der Waals surface area contributed by atoms with Gasteiger partial charge in [-0.3, -0.25) is 24.4 Å². The second-order valence-corrected chi connectivity index (χ2v) is 7.69. The standard InChI is InChI=1S/C21H24FN7O5/c1-4-27-11-16(19(26-27)21(31)23-10-13(2)3)24-20(30)15-7-8-28(25-15)12-34-18-9-14(22)5-6-17(18)29(32)33/h5-9,11,13H,4,10,12H2,1-3H3,(H,23,31)(H,24,30). The van der Waals surface area contributed by atoms with Gasteiger partial charge in [-0.25, -0.2) is 9.07 Å². The Kier molecular flexibility index (Phi) is 7.56. The minimum Gasteiger partial charge on any atom is -0.464 e. The summed E-state index contributed by atoms with van der Waals surface area (Å²) in [4.78, 5) is 35.6. The van der Waals surface area contributed by atoms with Crippen molar-refractivity contribution < 1.29 is 23.6 Å². The van der Waals surface area contributed by atoms with Crippen LogP contribution in [0.2, 0.25) is 0 Å². The first-order valence-corrected chi connectivity index (χ1v) is 10.4. The number of ether oxygens (including phenoxy) is 1. The largest absolute Gasteiger partial charge is 0.464 e. The molecule has 0 saturated heterocycles. The molecule has 0 atom stereocenters. The van der Waals surface area contributed by atoms with E-state index in [0.717, 1.165) is 18.2 Å². The Bertz CT molecular complexity index is 1200. The van der Waals surface area contributed by atoms with Crippen LogP contribution in [0.25, 0.3) is 0 Å². The highest BCUT2D eigenvalue weighted by Crippen LogP contribution is 2.27. The summed E-state index contributed by atoms with van der Waals surface area (Å²) in [5.74, 6) is -1.72. The maximum Gasteiger partial charge on any atom is 0.311 e. The van der Waals surface area contributed by atoms with Gasteiger partial charge in [-0.15, -0.1) is 0 Å². The minimum absolute atomic E-state index is 0.00938. The first-order valence-electron chi connectivity index (χ1n) is 10.4. The van der Waals surface area contributed by atoms with Crippen molar-refractivity contribution >= 4 is 23.2 Å². The van der Waals surface area contributed by atoms with Gasteiger partial charge in [0.2, 0.25) is 5.75 Å². The van der Waals surface area contributed by atoms with Gasteiger partial charge < -0.3 is 15.4 Å². The summed E-state index contributed by atoms with van der Waals surface area (Å²) in [6.45, 7) is 6.42. The number of halogens is 1. The molecule has 0 fully saturated rings. The van der Waals surface area contributed by atoms with Crippen molar-refractivity contribution in [1.82, 2.24) is 24.9 Å². The summed E-state index contributed by atoms with van der Waals surface area (Å²) in [5, 5.41) is 24.7. The molecule has 180 valence electrons. The SMILES string of the molecule is CCn1cc(NC(=O)c2ccn(COc3cc(F)ccc3[N+](=O)[O-])n2)c(C(=O)NCC(C)C)n1. The van der Waals surface area contributed by atoms with Gasteiger partial charge in [0, 0.05) is 37.6 Å². The second-order valence-electron chi connectivity index (χ2n) is 7.69. The number of aryl methyl sites for hydroxylation is 1. The molecule has 0 bridgehead atoms. The van der Waals surface area contributed by atoms with E-state index in [-0.39, 0.29) is 35.5 Å². The Morgan fingerprint density at radius 1 is 1.21 bits per heavy atom. The van der Waals surface area contributed by atoms with Gasteiger partial charge in [0.1, 0.15) is 5.82 Å². The number of rotatable bonds is 10. The Morgan fingerprint density at radius 2 is 1.97 bits per heavy atom. The molecule has 0 aliphatic carbocycles. The summed E-state index contributed by atoms with van der Waals surface area (Å²) >= 11 is 0. The molecule has 0 saturated carbocycles. The van der Waals surface area contributed by atoms with E-state index in [9.17, 15) is 24.1 Å².